The van der Waals surface area contributed by atoms with Crippen molar-refractivity contribution < 1.29 is 18.7 Å². The van der Waals surface area contributed by atoms with Gasteiger partial charge >= 0.3 is 0 Å². The summed E-state index contributed by atoms with van der Waals surface area (Å²) in [6, 6.07) is 10.6. The molecular weight excluding hydrogens is 342 g/mol. The number of carbonyl (C=O) groups excluding carboxylic acids is 1. The maximum atomic E-state index is 12.4. The third kappa shape index (κ3) is 3.48. The highest BCUT2D eigenvalue weighted by atomic mass is 32.2. The van der Waals surface area contributed by atoms with E-state index in [2.05, 4.69) is 15.2 Å². The number of thioether (sulfide) groups is 1. The van der Waals surface area contributed by atoms with E-state index in [9.17, 15) is 4.79 Å². The van der Waals surface area contributed by atoms with E-state index >= 15 is 0 Å². The number of ether oxygens (including phenoxy) is 2. The smallest absolute Gasteiger partial charge is 0.277 e. The van der Waals surface area contributed by atoms with Crippen molar-refractivity contribution in [1.82, 2.24) is 15.2 Å². The molecule has 0 fully saturated rings. The van der Waals surface area contributed by atoms with Crippen molar-refractivity contribution >= 4 is 17.5 Å². The summed E-state index contributed by atoms with van der Waals surface area (Å²) >= 11 is 1.19. The minimum absolute atomic E-state index is 0.0560. The van der Waals surface area contributed by atoms with Gasteiger partial charge in [0.25, 0.3) is 11.1 Å². The van der Waals surface area contributed by atoms with Gasteiger partial charge in [-0.15, -0.1) is 10.2 Å². The molecule has 0 unspecified atom stereocenters. The predicted molar refractivity (Wildman–Crippen MR) is 90.0 cm³/mol. The van der Waals surface area contributed by atoms with Crippen molar-refractivity contribution in [3.8, 4) is 23.1 Å². The zero-order valence-corrected chi connectivity index (χ0v) is 13.9. The van der Waals surface area contributed by atoms with Gasteiger partial charge in [0, 0.05) is 11.8 Å². The molecular formula is C17H13N3O4S. The Kier molecular flexibility index (Phi) is 4.34. The molecule has 0 saturated carbocycles. The minimum atomic E-state index is -0.0560. The average Bonchev–Trinajstić information content (AvgIpc) is 3.15. The van der Waals surface area contributed by atoms with Crippen LogP contribution in [0, 0.1) is 0 Å². The van der Waals surface area contributed by atoms with E-state index in [1.807, 2.05) is 12.1 Å². The molecule has 0 spiro atoms. The normalized spacial score (nSPS) is 12.8. The van der Waals surface area contributed by atoms with Crippen molar-refractivity contribution in [2.75, 3.05) is 19.0 Å². The minimum Gasteiger partial charge on any atom is -0.486 e. The number of rotatable bonds is 5. The molecule has 0 N–H and O–H groups in total. The molecule has 3 heterocycles. The van der Waals surface area contributed by atoms with E-state index in [-0.39, 0.29) is 11.5 Å². The number of hydrogen-bond acceptors (Lipinski definition) is 8. The number of pyridine rings is 1. The molecule has 0 amide bonds. The number of benzene rings is 1. The summed E-state index contributed by atoms with van der Waals surface area (Å²) in [5.74, 6) is 1.71. The molecule has 0 bridgehead atoms. The first-order chi connectivity index (χ1) is 12.3. The second-order valence-electron chi connectivity index (χ2n) is 5.16. The Hall–Kier alpha value is -2.87. The van der Waals surface area contributed by atoms with Crippen LogP contribution in [0.5, 0.6) is 11.5 Å². The molecule has 7 nitrogen and oxygen atoms in total. The van der Waals surface area contributed by atoms with Crippen molar-refractivity contribution in [2.45, 2.75) is 5.22 Å². The summed E-state index contributed by atoms with van der Waals surface area (Å²) < 4.78 is 16.5. The quantitative estimate of drug-likeness (QED) is 0.510. The molecule has 4 rings (SSSR count). The molecule has 8 heteroatoms. The summed E-state index contributed by atoms with van der Waals surface area (Å²) in [6.07, 6.45) is 1.65. The highest BCUT2D eigenvalue weighted by molar-refractivity contribution is 7.99. The van der Waals surface area contributed by atoms with E-state index in [0.29, 0.717) is 47.1 Å². The lowest BCUT2D eigenvalue weighted by Gasteiger charge is -2.18. The summed E-state index contributed by atoms with van der Waals surface area (Å²) in [5, 5.41) is 8.21. The van der Waals surface area contributed by atoms with Gasteiger partial charge in [-0.05, 0) is 30.3 Å². The SMILES string of the molecule is O=C(CSc1nnc(-c2ccccn2)o1)c1ccc2c(c1)OCCO2. The van der Waals surface area contributed by atoms with E-state index < -0.39 is 0 Å². The molecule has 1 aliphatic heterocycles. The van der Waals surface area contributed by atoms with Crippen LogP contribution in [0.25, 0.3) is 11.6 Å². The number of carbonyl (C=O) groups is 1. The van der Waals surface area contributed by atoms with Gasteiger partial charge < -0.3 is 13.9 Å². The second-order valence-corrected chi connectivity index (χ2v) is 6.08. The standard InChI is InChI=1S/C17H13N3O4S/c21-13(11-4-5-14-15(9-11)23-8-7-22-14)10-25-17-20-19-16(24-17)12-3-1-2-6-18-12/h1-6,9H,7-8,10H2. The molecule has 25 heavy (non-hydrogen) atoms. The zero-order valence-electron chi connectivity index (χ0n) is 13.0. The summed E-state index contributed by atoms with van der Waals surface area (Å²) in [5.41, 5.74) is 1.15. The average molecular weight is 355 g/mol. The van der Waals surface area contributed by atoms with Gasteiger partial charge in [0.2, 0.25) is 0 Å². The number of hydrogen-bond donors (Lipinski definition) is 0. The molecule has 3 aromatic rings. The molecule has 1 aliphatic rings. The van der Waals surface area contributed by atoms with Gasteiger partial charge in [-0.2, -0.15) is 0 Å². The Balaban J connectivity index is 1.41. The number of ketones is 1. The van der Waals surface area contributed by atoms with Gasteiger partial charge in [0.15, 0.2) is 17.3 Å². The Labute approximate surface area is 147 Å². The van der Waals surface area contributed by atoms with Crippen LogP contribution in [0.2, 0.25) is 0 Å². The first kappa shape index (κ1) is 15.6. The lowest BCUT2D eigenvalue weighted by molar-refractivity contribution is 0.102. The Morgan fingerprint density at radius 1 is 1.08 bits per heavy atom. The fourth-order valence-corrected chi connectivity index (χ4v) is 2.95. The van der Waals surface area contributed by atoms with Crippen LogP contribution in [-0.2, 0) is 0 Å². The van der Waals surface area contributed by atoms with Crippen LogP contribution in [0.15, 0.2) is 52.2 Å². The molecule has 0 atom stereocenters. The van der Waals surface area contributed by atoms with Crippen molar-refractivity contribution in [2.24, 2.45) is 0 Å². The van der Waals surface area contributed by atoms with E-state index in [1.54, 1.807) is 30.5 Å². The maximum absolute atomic E-state index is 12.4. The van der Waals surface area contributed by atoms with Crippen LogP contribution in [0.1, 0.15) is 10.4 Å². The monoisotopic (exact) mass is 355 g/mol. The number of fused-ring (bicyclic) bond motifs is 1. The Morgan fingerprint density at radius 3 is 2.80 bits per heavy atom. The number of aromatic nitrogens is 3. The van der Waals surface area contributed by atoms with Gasteiger partial charge in [-0.3, -0.25) is 9.78 Å². The third-order valence-electron chi connectivity index (χ3n) is 3.48. The van der Waals surface area contributed by atoms with Crippen LogP contribution >= 0.6 is 11.8 Å². The topological polar surface area (TPSA) is 87.3 Å². The van der Waals surface area contributed by atoms with Gasteiger partial charge in [0.05, 0.1) is 5.75 Å². The van der Waals surface area contributed by atoms with E-state index in [0.717, 1.165) is 0 Å². The van der Waals surface area contributed by atoms with Gasteiger partial charge in [0.1, 0.15) is 18.9 Å². The van der Waals surface area contributed by atoms with Crippen LogP contribution in [-0.4, -0.2) is 39.9 Å². The molecule has 126 valence electrons. The van der Waals surface area contributed by atoms with Crippen molar-refractivity contribution in [3.63, 3.8) is 0 Å². The lowest BCUT2D eigenvalue weighted by atomic mass is 10.1. The third-order valence-corrected chi connectivity index (χ3v) is 4.30. The van der Waals surface area contributed by atoms with E-state index in [4.69, 9.17) is 13.9 Å². The molecule has 2 aromatic heterocycles. The van der Waals surface area contributed by atoms with Crippen molar-refractivity contribution in [3.05, 3.63) is 48.2 Å². The highest BCUT2D eigenvalue weighted by Crippen LogP contribution is 2.31. The lowest BCUT2D eigenvalue weighted by Crippen LogP contribution is -2.16. The summed E-state index contributed by atoms with van der Waals surface area (Å²) in [4.78, 5) is 16.5. The first-order valence-electron chi connectivity index (χ1n) is 7.60. The van der Waals surface area contributed by atoms with Crippen LogP contribution in [0.4, 0.5) is 0 Å². The molecule has 0 aliphatic carbocycles. The zero-order chi connectivity index (χ0) is 17.1. The number of nitrogens with zero attached hydrogens (tertiary/aromatic N) is 3. The van der Waals surface area contributed by atoms with Crippen LogP contribution in [0.3, 0.4) is 0 Å². The van der Waals surface area contributed by atoms with Gasteiger partial charge in [-0.1, -0.05) is 17.8 Å². The molecule has 0 saturated heterocycles. The Morgan fingerprint density at radius 2 is 1.96 bits per heavy atom. The second kappa shape index (κ2) is 6.94. The van der Waals surface area contributed by atoms with Crippen LogP contribution < -0.4 is 9.47 Å². The Bertz CT molecular complexity index is 898. The highest BCUT2D eigenvalue weighted by Gasteiger charge is 2.16. The summed E-state index contributed by atoms with van der Waals surface area (Å²) in [6.45, 7) is 1.00. The summed E-state index contributed by atoms with van der Waals surface area (Å²) in [7, 11) is 0. The fraction of sp³-hybridized carbons (Fsp3) is 0.176. The fourth-order valence-electron chi connectivity index (χ4n) is 2.29. The maximum Gasteiger partial charge on any atom is 0.277 e. The first-order valence-corrected chi connectivity index (χ1v) is 8.59. The van der Waals surface area contributed by atoms with Gasteiger partial charge in [-0.25, -0.2) is 0 Å². The largest absolute Gasteiger partial charge is 0.486 e. The molecule has 0 radical (unpaired) electrons. The molecule has 1 aromatic carbocycles. The predicted octanol–water partition coefficient (Wildman–Crippen LogP) is 2.88. The van der Waals surface area contributed by atoms with Crippen molar-refractivity contribution in [1.29, 1.82) is 0 Å². The number of Topliss-reactive ketones (excluding diaryl/α,β-unsaturated/α-hetero) is 1. The van der Waals surface area contributed by atoms with E-state index in [1.165, 1.54) is 11.8 Å².